The van der Waals surface area contributed by atoms with Crippen molar-refractivity contribution in [2.45, 2.75) is 6.92 Å². The molecule has 0 saturated heterocycles. The van der Waals surface area contributed by atoms with E-state index in [9.17, 15) is 0 Å². The van der Waals surface area contributed by atoms with Gasteiger partial charge in [0.1, 0.15) is 5.65 Å². The normalized spacial score (nSPS) is 10.9. The first-order valence-corrected chi connectivity index (χ1v) is 7.90. The highest BCUT2D eigenvalue weighted by molar-refractivity contribution is 6.03. The Hall–Kier alpha value is -3.48. The van der Waals surface area contributed by atoms with Gasteiger partial charge in [-0.15, -0.1) is 0 Å². The number of aromatic nitrogens is 5. The first-order chi connectivity index (χ1) is 12.3. The predicted octanol–water partition coefficient (Wildman–Crippen LogP) is 3.06. The molecule has 0 amide bonds. The van der Waals surface area contributed by atoms with Crippen molar-refractivity contribution in [1.82, 2.24) is 24.9 Å². The van der Waals surface area contributed by atoms with Gasteiger partial charge in [-0.2, -0.15) is 0 Å². The lowest BCUT2D eigenvalue weighted by Crippen LogP contribution is -1.95. The number of hydrogen-bond acceptors (Lipinski definition) is 6. The number of nitrogen functional groups attached to an aromatic ring is 1. The summed E-state index contributed by atoms with van der Waals surface area (Å²) < 4.78 is 5.52. The van der Waals surface area contributed by atoms with Crippen LogP contribution in [0, 0.1) is 0 Å². The Labute approximate surface area is 143 Å². The van der Waals surface area contributed by atoms with E-state index in [1.165, 1.54) is 0 Å². The van der Waals surface area contributed by atoms with Crippen molar-refractivity contribution in [2.75, 3.05) is 12.3 Å². The number of ether oxygens (including phenoxy) is 1. The van der Waals surface area contributed by atoms with Crippen molar-refractivity contribution in [1.29, 1.82) is 0 Å². The summed E-state index contributed by atoms with van der Waals surface area (Å²) in [6.45, 7) is 2.50. The monoisotopic (exact) mass is 332 g/mol. The summed E-state index contributed by atoms with van der Waals surface area (Å²) in [5.41, 5.74) is 10.2. The van der Waals surface area contributed by atoms with Crippen LogP contribution < -0.4 is 10.5 Å². The molecule has 0 unspecified atom stereocenters. The van der Waals surface area contributed by atoms with Crippen LogP contribution in [0.15, 0.2) is 49.1 Å². The molecule has 0 saturated carbocycles. The smallest absolute Gasteiger partial charge is 0.220 e. The number of aromatic amines is 1. The van der Waals surface area contributed by atoms with Crippen molar-refractivity contribution >= 4 is 17.0 Å². The Morgan fingerprint density at radius 3 is 2.72 bits per heavy atom. The number of fused-ring (bicyclic) bond motifs is 1. The van der Waals surface area contributed by atoms with Gasteiger partial charge >= 0.3 is 0 Å². The molecule has 0 atom stereocenters. The molecule has 0 spiro atoms. The maximum absolute atomic E-state index is 5.74. The molecule has 0 bridgehead atoms. The first-order valence-electron chi connectivity index (χ1n) is 7.90. The molecule has 3 N–H and O–H groups in total. The average Bonchev–Trinajstić information content (AvgIpc) is 3.06. The SMILES string of the molecule is CCOc1cc(-c2ccnc3[nH]cc(-c4ccnc(N)n4)c23)ccn1. The number of nitrogens with zero attached hydrogens (tertiary/aromatic N) is 4. The van der Waals surface area contributed by atoms with Gasteiger partial charge in [-0.05, 0) is 36.2 Å². The lowest BCUT2D eigenvalue weighted by atomic mass is 10.0. The third kappa shape index (κ3) is 2.76. The minimum atomic E-state index is 0.236. The summed E-state index contributed by atoms with van der Waals surface area (Å²) in [5.74, 6) is 0.827. The van der Waals surface area contributed by atoms with E-state index >= 15 is 0 Å². The molecule has 4 aromatic heterocycles. The number of nitrogens with one attached hydrogen (secondary N) is 1. The van der Waals surface area contributed by atoms with Crippen molar-refractivity contribution in [3.63, 3.8) is 0 Å². The third-order valence-corrected chi connectivity index (χ3v) is 3.86. The Morgan fingerprint density at radius 1 is 1.04 bits per heavy atom. The zero-order chi connectivity index (χ0) is 17.2. The van der Waals surface area contributed by atoms with E-state index in [1.807, 2.05) is 37.4 Å². The maximum atomic E-state index is 5.74. The fourth-order valence-electron chi connectivity index (χ4n) is 2.83. The molecule has 0 fully saturated rings. The second kappa shape index (κ2) is 6.20. The number of anilines is 1. The molecule has 0 aromatic carbocycles. The highest BCUT2D eigenvalue weighted by Crippen LogP contribution is 2.35. The minimum Gasteiger partial charge on any atom is -0.478 e. The van der Waals surface area contributed by atoms with Gasteiger partial charge in [-0.3, -0.25) is 0 Å². The first kappa shape index (κ1) is 15.1. The van der Waals surface area contributed by atoms with Crippen LogP contribution in [0.3, 0.4) is 0 Å². The summed E-state index contributed by atoms with van der Waals surface area (Å²) in [7, 11) is 0. The molecule has 4 rings (SSSR count). The van der Waals surface area contributed by atoms with Gasteiger partial charge in [0.2, 0.25) is 11.8 Å². The molecule has 7 heteroatoms. The van der Waals surface area contributed by atoms with Crippen molar-refractivity contribution in [2.24, 2.45) is 0 Å². The molecule has 124 valence electrons. The minimum absolute atomic E-state index is 0.236. The molecular weight excluding hydrogens is 316 g/mol. The second-order valence-electron chi connectivity index (χ2n) is 5.40. The van der Waals surface area contributed by atoms with E-state index in [-0.39, 0.29) is 5.95 Å². The fourth-order valence-corrected chi connectivity index (χ4v) is 2.83. The molecule has 4 aromatic rings. The molecule has 25 heavy (non-hydrogen) atoms. The molecule has 0 aliphatic carbocycles. The van der Waals surface area contributed by atoms with Crippen LogP contribution in [0.4, 0.5) is 5.95 Å². The van der Waals surface area contributed by atoms with E-state index in [0.29, 0.717) is 12.5 Å². The van der Waals surface area contributed by atoms with Crippen LogP contribution >= 0.6 is 0 Å². The third-order valence-electron chi connectivity index (χ3n) is 3.86. The van der Waals surface area contributed by atoms with Crippen molar-refractivity contribution < 1.29 is 4.74 Å². The molecule has 0 radical (unpaired) electrons. The highest BCUT2D eigenvalue weighted by atomic mass is 16.5. The van der Waals surface area contributed by atoms with Gasteiger partial charge in [0.15, 0.2) is 0 Å². The van der Waals surface area contributed by atoms with Crippen LogP contribution in [0.5, 0.6) is 5.88 Å². The Morgan fingerprint density at radius 2 is 1.88 bits per heavy atom. The number of pyridine rings is 2. The van der Waals surface area contributed by atoms with Crippen LogP contribution in [-0.2, 0) is 0 Å². The quantitative estimate of drug-likeness (QED) is 0.595. The zero-order valence-corrected chi connectivity index (χ0v) is 13.6. The van der Waals surface area contributed by atoms with Crippen LogP contribution in [0.25, 0.3) is 33.4 Å². The van der Waals surface area contributed by atoms with Gasteiger partial charge in [-0.25, -0.2) is 19.9 Å². The summed E-state index contributed by atoms with van der Waals surface area (Å²) in [6.07, 6.45) is 7.04. The van der Waals surface area contributed by atoms with Crippen LogP contribution in [0.1, 0.15) is 6.92 Å². The largest absolute Gasteiger partial charge is 0.478 e. The number of nitrogens with two attached hydrogens (primary N) is 1. The van der Waals surface area contributed by atoms with E-state index < -0.39 is 0 Å². The standard InChI is InChI=1S/C18H16N6O/c1-2-25-15-9-11(3-6-20-15)12-4-7-21-17-16(12)13(10-23-17)14-5-8-22-18(19)24-14/h3-10H,2H2,1H3,(H,21,23)(H2,19,22,24). The van der Waals surface area contributed by atoms with E-state index in [0.717, 1.165) is 33.4 Å². The Balaban J connectivity index is 1.93. The van der Waals surface area contributed by atoms with Gasteiger partial charge in [0, 0.05) is 41.8 Å². The maximum Gasteiger partial charge on any atom is 0.220 e. The molecule has 4 heterocycles. The molecule has 0 aliphatic heterocycles. The Bertz CT molecular complexity index is 1040. The topological polar surface area (TPSA) is 103 Å². The number of rotatable bonds is 4. The van der Waals surface area contributed by atoms with Crippen LogP contribution in [0.2, 0.25) is 0 Å². The van der Waals surface area contributed by atoms with Crippen LogP contribution in [-0.4, -0.2) is 31.5 Å². The van der Waals surface area contributed by atoms with E-state index in [4.69, 9.17) is 10.5 Å². The molecular formula is C18H16N6O. The lowest BCUT2D eigenvalue weighted by molar-refractivity contribution is 0.327. The number of H-pyrrole nitrogens is 1. The average molecular weight is 332 g/mol. The van der Waals surface area contributed by atoms with Gasteiger partial charge in [0.25, 0.3) is 0 Å². The highest BCUT2D eigenvalue weighted by Gasteiger charge is 2.14. The second-order valence-corrected chi connectivity index (χ2v) is 5.40. The molecule has 7 nitrogen and oxygen atoms in total. The molecule has 0 aliphatic rings. The lowest BCUT2D eigenvalue weighted by Gasteiger charge is -2.08. The van der Waals surface area contributed by atoms with Gasteiger partial charge < -0.3 is 15.5 Å². The zero-order valence-electron chi connectivity index (χ0n) is 13.6. The van der Waals surface area contributed by atoms with Gasteiger partial charge in [-0.1, -0.05) is 0 Å². The van der Waals surface area contributed by atoms with E-state index in [1.54, 1.807) is 18.6 Å². The van der Waals surface area contributed by atoms with Crippen molar-refractivity contribution in [3.8, 4) is 28.3 Å². The van der Waals surface area contributed by atoms with E-state index in [2.05, 4.69) is 24.9 Å². The number of hydrogen-bond donors (Lipinski definition) is 2. The fraction of sp³-hybridized carbons (Fsp3) is 0.111. The van der Waals surface area contributed by atoms with Gasteiger partial charge in [0.05, 0.1) is 12.3 Å². The summed E-state index contributed by atoms with van der Waals surface area (Å²) in [6, 6.07) is 7.66. The summed E-state index contributed by atoms with van der Waals surface area (Å²) in [5, 5.41) is 0.967. The summed E-state index contributed by atoms with van der Waals surface area (Å²) >= 11 is 0. The summed E-state index contributed by atoms with van der Waals surface area (Å²) in [4.78, 5) is 20.1. The predicted molar refractivity (Wildman–Crippen MR) is 95.9 cm³/mol. The van der Waals surface area contributed by atoms with Crippen molar-refractivity contribution in [3.05, 3.63) is 49.1 Å². The Kier molecular flexibility index (Phi) is 3.74.